The van der Waals surface area contributed by atoms with Gasteiger partial charge in [-0.05, 0) is 48.5 Å². The monoisotopic (exact) mass is 453 g/mol. The van der Waals surface area contributed by atoms with Crippen molar-refractivity contribution in [2.45, 2.75) is 0 Å². The highest BCUT2D eigenvalue weighted by molar-refractivity contribution is 5.99. The van der Waals surface area contributed by atoms with Crippen molar-refractivity contribution >= 4 is 39.8 Å². The Morgan fingerprint density at radius 3 is 2.59 bits per heavy atom. The summed E-state index contributed by atoms with van der Waals surface area (Å²) in [6, 6.07) is 13.5. The van der Waals surface area contributed by atoms with Crippen molar-refractivity contribution in [2.24, 2.45) is 0 Å². The maximum absolute atomic E-state index is 11.7. The van der Waals surface area contributed by atoms with Gasteiger partial charge in [-0.1, -0.05) is 6.58 Å². The third kappa shape index (κ3) is 4.69. The van der Waals surface area contributed by atoms with E-state index in [-0.39, 0.29) is 5.91 Å². The van der Waals surface area contributed by atoms with Gasteiger partial charge in [0.25, 0.3) is 0 Å². The Balaban J connectivity index is 1.41. The molecule has 0 atom stereocenters. The lowest BCUT2D eigenvalue weighted by atomic mass is 10.1. The van der Waals surface area contributed by atoms with Crippen LogP contribution in [-0.4, -0.2) is 52.1 Å². The summed E-state index contributed by atoms with van der Waals surface area (Å²) in [6.45, 7) is 6.76. The molecule has 1 amide bonds. The van der Waals surface area contributed by atoms with Crippen molar-refractivity contribution in [1.82, 2.24) is 19.9 Å². The van der Waals surface area contributed by atoms with Gasteiger partial charge in [0.15, 0.2) is 0 Å². The van der Waals surface area contributed by atoms with Crippen LogP contribution in [0.3, 0.4) is 0 Å². The first kappa shape index (κ1) is 21.5. The first-order chi connectivity index (χ1) is 16.7. The van der Waals surface area contributed by atoms with Crippen molar-refractivity contribution in [2.75, 3.05) is 41.8 Å². The van der Waals surface area contributed by atoms with Gasteiger partial charge in [0, 0.05) is 54.1 Å². The number of hydrogen-bond donors (Lipinski definition) is 2. The zero-order chi connectivity index (χ0) is 23.3. The maximum atomic E-state index is 11.7. The van der Waals surface area contributed by atoms with Crippen LogP contribution in [-0.2, 0) is 9.53 Å². The summed E-state index contributed by atoms with van der Waals surface area (Å²) < 4.78 is 5.43. The second-order valence-electron chi connectivity index (χ2n) is 7.69. The minimum atomic E-state index is -0.295. The molecule has 0 saturated carbocycles. The van der Waals surface area contributed by atoms with Gasteiger partial charge >= 0.3 is 0 Å². The van der Waals surface area contributed by atoms with Crippen LogP contribution in [0.2, 0.25) is 0 Å². The van der Waals surface area contributed by atoms with Crippen molar-refractivity contribution in [3.63, 3.8) is 0 Å². The number of nitrogens with zero attached hydrogens (tertiary/aromatic N) is 5. The van der Waals surface area contributed by atoms with Gasteiger partial charge in [-0.2, -0.15) is 0 Å². The van der Waals surface area contributed by atoms with Crippen LogP contribution in [0.25, 0.3) is 22.3 Å². The number of amides is 1. The van der Waals surface area contributed by atoms with E-state index in [4.69, 9.17) is 9.72 Å². The second-order valence-corrected chi connectivity index (χ2v) is 7.69. The number of rotatable bonds is 6. The van der Waals surface area contributed by atoms with E-state index in [1.165, 1.54) is 6.08 Å². The van der Waals surface area contributed by atoms with E-state index in [0.717, 1.165) is 43.1 Å². The number of fused-ring (bicyclic) bond motifs is 1. The summed E-state index contributed by atoms with van der Waals surface area (Å²) in [5, 5.41) is 6.84. The maximum Gasteiger partial charge on any atom is 0.247 e. The Labute approximate surface area is 196 Å². The van der Waals surface area contributed by atoms with Gasteiger partial charge in [0.2, 0.25) is 11.9 Å². The molecule has 4 aromatic rings. The average molecular weight is 454 g/mol. The molecule has 1 aliphatic rings. The molecule has 2 N–H and O–H groups in total. The molecule has 9 heteroatoms. The summed E-state index contributed by atoms with van der Waals surface area (Å²) in [5.74, 6) is 0.161. The molecule has 1 aromatic carbocycles. The first-order valence-electron chi connectivity index (χ1n) is 10.9. The van der Waals surface area contributed by atoms with Gasteiger partial charge in [0.05, 0.1) is 18.9 Å². The fourth-order valence-corrected chi connectivity index (χ4v) is 3.74. The number of carbonyl (C=O) groups excluding carboxylic acids is 1. The molecular formula is C25H23N7O2. The predicted octanol–water partition coefficient (Wildman–Crippen LogP) is 3.79. The van der Waals surface area contributed by atoms with Crippen molar-refractivity contribution < 1.29 is 9.53 Å². The summed E-state index contributed by atoms with van der Waals surface area (Å²) >= 11 is 0. The standard InChI is InChI=1S/C25H23N7O2/c1-2-22(33)29-19-8-10-26-21(15-19)24-23-17(7-9-27-24)16-28-25(31-23)30-18-3-5-20(6-4-18)32-11-13-34-14-12-32/h2-10,15-16H,1,11-14H2,(H,26,29,33)(H,28,30,31). The smallest absolute Gasteiger partial charge is 0.247 e. The van der Waals surface area contributed by atoms with Crippen molar-refractivity contribution in [3.8, 4) is 11.4 Å². The van der Waals surface area contributed by atoms with Crippen molar-refractivity contribution in [1.29, 1.82) is 0 Å². The van der Waals surface area contributed by atoms with E-state index >= 15 is 0 Å². The highest BCUT2D eigenvalue weighted by Gasteiger charge is 2.13. The third-order valence-corrected chi connectivity index (χ3v) is 5.45. The molecule has 4 heterocycles. The molecule has 0 bridgehead atoms. The predicted molar refractivity (Wildman–Crippen MR) is 132 cm³/mol. The Morgan fingerprint density at radius 2 is 1.79 bits per heavy atom. The molecule has 5 rings (SSSR count). The number of carbonyl (C=O) groups is 1. The van der Waals surface area contributed by atoms with Gasteiger partial charge in [0.1, 0.15) is 11.2 Å². The Bertz CT molecular complexity index is 1330. The topological polar surface area (TPSA) is 105 Å². The zero-order valence-corrected chi connectivity index (χ0v) is 18.4. The Kier molecular flexibility index (Phi) is 6.09. The largest absolute Gasteiger partial charge is 0.378 e. The molecular weight excluding hydrogens is 430 g/mol. The second kappa shape index (κ2) is 9.63. The quantitative estimate of drug-likeness (QED) is 0.425. The van der Waals surface area contributed by atoms with Crippen LogP contribution in [0.5, 0.6) is 0 Å². The summed E-state index contributed by atoms with van der Waals surface area (Å²) in [5.41, 5.74) is 4.49. The van der Waals surface area contributed by atoms with Gasteiger partial charge in [-0.15, -0.1) is 0 Å². The molecule has 0 spiro atoms. The normalized spacial score (nSPS) is 13.5. The summed E-state index contributed by atoms with van der Waals surface area (Å²) in [7, 11) is 0. The number of benzene rings is 1. The number of aromatic nitrogens is 4. The van der Waals surface area contributed by atoms with Crippen LogP contribution in [0.1, 0.15) is 0 Å². The van der Waals surface area contributed by atoms with E-state index in [1.807, 2.05) is 18.2 Å². The summed E-state index contributed by atoms with van der Waals surface area (Å²) in [4.78, 5) is 32.1. The average Bonchev–Trinajstić information content (AvgIpc) is 2.89. The molecule has 0 unspecified atom stereocenters. The molecule has 0 aliphatic carbocycles. The van der Waals surface area contributed by atoms with Gasteiger partial charge in [-0.25, -0.2) is 9.97 Å². The summed E-state index contributed by atoms with van der Waals surface area (Å²) in [6.07, 6.45) is 6.27. The van der Waals surface area contributed by atoms with E-state index < -0.39 is 0 Å². The van der Waals surface area contributed by atoms with Gasteiger partial charge < -0.3 is 20.3 Å². The Morgan fingerprint density at radius 1 is 1.00 bits per heavy atom. The van der Waals surface area contributed by atoms with Crippen LogP contribution < -0.4 is 15.5 Å². The molecule has 1 aliphatic heterocycles. The number of morpholine rings is 1. The first-order valence-corrected chi connectivity index (χ1v) is 10.9. The van der Waals surface area contributed by atoms with Crippen LogP contribution in [0.4, 0.5) is 23.0 Å². The number of pyridine rings is 2. The minimum absolute atomic E-state index is 0.295. The van der Waals surface area contributed by atoms with Crippen LogP contribution in [0, 0.1) is 0 Å². The van der Waals surface area contributed by atoms with E-state index in [0.29, 0.717) is 28.5 Å². The van der Waals surface area contributed by atoms with Crippen LogP contribution in [0.15, 0.2) is 73.7 Å². The lowest BCUT2D eigenvalue weighted by Crippen LogP contribution is -2.36. The highest BCUT2D eigenvalue weighted by Crippen LogP contribution is 2.27. The van der Waals surface area contributed by atoms with Gasteiger partial charge in [-0.3, -0.25) is 14.8 Å². The minimum Gasteiger partial charge on any atom is -0.378 e. The van der Waals surface area contributed by atoms with Crippen molar-refractivity contribution in [3.05, 3.63) is 73.7 Å². The SMILES string of the molecule is C=CC(=O)Nc1ccnc(-c2nccc3cnc(Nc4ccc(N5CCOCC5)cc4)nc23)c1. The molecule has 34 heavy (non-hydrogen) atoms. The fourth-order valence-electron chi connectivity index (χ4n) is 3.74. The number of ether oxygens (including phenoxy) is 1. The molecule has 0 radical (unpaired) electrons. The molecule has 170 valence electrons. The van der Waals surface area contributed by atoms with Crippen LogP contribution >= 0.6 is 0 Å². The number of nitrogens with one attached hydrogen (secondary N) is 2. The van der Waals surface area contributed by atoms with E-state index in [1.54, 1.807) is 30.7 Å². The number of hydrogen-bond acceptors (Lipinski definition) is 8. The Hall–Kier alpha value is -4.37. The molecule has 9 nitrogen and oxygen atoms in total. The van der Waals surface area contributed by atoms with E-state index in [2.05, 4.69) is 49.2 Å². The zero-order valence-electron chi connectivity index (χ0n) is 18.4. The third-order valence-electron chi connectivity index (χ3n) is 5.45. The molecule has 3 aromatic heterocycles. The lowest BCUT2D eigenvalue weighted by molar-refractivity contribution is -0.111. The number of anilines is 4. The van der Waals surface area contributed by atoms with E-state index in [9.17, 15) is 4.79 Å². The lowest BCUT2D eigenvalue weighted by Gasteiger charge is -2.28. The highest BCUT2D eigenvalue weighted by atomic mass is 16.5. The molecule has 1 fully saturated rings. The fraction of sp³-hybridized carbons (Fsp3) is 0.160. The molecule has 1 saturated heterocycles.